The third-order valence-corrected chi connectivity index (χ3v) is 3.04. The lowest BCUT2D eigenvalue weighted by atomic mass is 9.79. The second-order valence-electron chi connectivity index (χ2n) is 4.06. The molecular formula is C10H16O2. The van der Waals surface area contributed by atoms with E-state index in [0.717, 1.165) is 32.3 Å². The van der Waals surface area contributed by atoms with E-state index in [1.54, 1.807) is 0 Å². The van der Waals surface area contributed by atoms with Gasteiger partial charge in [-0.05, 0) is 32.1 Å². The zero-order valence-electron chi connectivity index (χ0n) is 7.47. The van der Waals surface area contributed by atoms with Gasteiger partial charge in [0.2, 0.25) is 0 Å². The number of carbonyl (C=O) groups is 1. The van der Waals surface area contributed by atoms with Crippen LogP contribution in [0.4, 0.5) is 0 Å². The summed E-state index contributed by atoms with van der Waals surface area (Å²) in [4.78, 5) is 11.3. The Bertz CT molecular complexity index is 175. The van der Waals surface area contributed by atoms with Crippen LogP contribution in [0.3, 0.4) is 0 Å². The molecule has 1 aliphatic carbocycles. The molecule has 0 radical (unpaired) electrons. The first-order chi connectivity index (χ1) is 5.81. The van der Waals surface area contributed by atoms with Crippen molar-refractivity contribution in [2.75, 3.05) is 6.61 Å². The zero-order valence-corrected chi connectivity index (χ0v) is 7.47. The molecule has 2 fully saturated rings. The van der Waals surface area contributed by atoms with Crippen molar-refractivity contribution in [2.24, 2.45) is 0 Å². The summed E-state index contributed by atoms with van der Waals surface area (Å²) in [7, 11) is 0. The average Bonchev–Trinajstić information content (AvgIpc) is 2.05. The Hall–Kier alpha value is -0.370. The van der Waals surface area contributed by atoms with Crippen LogP contribution in [0.5, 0.6) is 0 Å². The molecule has 12 heavy (non-hydrogen) atoms. The Morgan fingerprint density at radius 1 is 1.17 bits per heavy atom. The van der Waals surface area contributed by atoms with Crippen LogP contribution in [0.2, 0.25) is 0 Å². The summed E-state index contributed by atoms with van der Waals surface area (Å²) in [5, 5.41) is 0. The highest BCUT2D eigenvalue weighted by atomic mass is 16.5. The first-order valence-electron chi connectivity index (χ1n) is 4.96. The fourth-order valence-corrected chi connectivity index (χ4v) is 2.39. The third-order valence-electron chi connectivity index (χ3n) is 3.04. The Labute approximate surface area is 73.3 Å². The first-order valence-corrected chi connectivity index (χ1v) is 4.96. The van der Waals surface area contributed by atoms with Gasteiger partial charge in [0.1, 0.15) is 5.78 Å². The molecule has 0 amide bonds. The van der Waals surface area contributed by atoms with Gasteiger partial charge in [-0.2, -0.15) is 0 Å². The minimum Gasteiger partial charge on any atom is -0.375 e. The highest BCUT2D eigenvalue weighted by Crippen LogP contribution is 2.36. The van der Waals surface area contributed by atoms with Crippen molar-refractivity contribution < 1.29 is 9.53 Å². The third kappa shape index (κ3) is 1.53. The van der Waals surface area contributed by atoms with Crippen LogP contribution in [0.15, 0.2) is 0 Å². The molecule has 0 aromatic carbocycles. The van der Waals surface area contributed by atoms with E-state index in [-0.39, 0.29) is 5.60 Å². The van der Waals surface area contributed by atoms with E-state index in [1.165, 1.54) is 12.8 Å². The summed E-state index contributed by atoms with van der Waals surface area (Å²) in [6, 6.07) is 0. The second kappa shape index (κ2) is 3.17. The van der Waals surface area contributed by atoms with Gasteiger partial charge in [-0.1, -0.05) is 0 Å². The predicted octanol–water partition coefficient (Wildman–Crippen LogP) is 2.07. The van der Waals surface area contributed by atoms with Crippen molar-refractivity contribution in [3.05, 3.63) is 0 Å². The zero-order chi connectivity index (χ0) is 8.44. The highest BCUT2D eigenvalue weighted by Gasteiger charge is 2.37. The van der Waals surface area contributed by atoms with Crippen LogP contribution < -0.4 is 0 Å². The quantitative estimate of drug-likeness (QED) is 0.553. The standard InChI is InChI=1S/C10H16O2/c11-9-4-3-6-10(8-9)5-1-2-7-12-10/h1-8H2. The van der Waals surface area contributed by atoms with Gasteiger partial charge in [0.05, 0.1) is 5.60 Å². The minimum absolute atomic E-state index is 0.0203. The summed E-state index contributed by atoms with van der Waals surface area (Å²) in [6.45, 7) is 0.868. The molecular weight excluding hydrogens is 152 g/mol. The molecule has 2 heteroatoms. The topological polar surface area (TPSA) is 26.3 Å². The van der Waals surface area contributed by atoms with Gasteiger partial charge in [0, 0.05) is 19.4 Å². The molecule has 0 aromatic rings. The number of hydrogen-bond acceptors (Lipinski definition) is 2. The van der Waals surface area contributed by atoms with Gasteiger partial charge in [-0.3, -0.25) is 4.79 Å². The van der Waals surface area contributed by atoms with Gasteiger partial charge in [-0.25, -0.2) is 0 Å². The Balaban J connectivity index is 2.02. The minimum atomic E-state index is -0.0203. The smallest absolute Gasteiger partial charge is 0.135 e. The molecule has 68 valence electrons. The number of ketones is 1. The van der Waals surface area contributed by atoms with Crippen LogP contribution in [0.1, 0.15) is 44.9 Å². The molecule has 1 aliphatic heterocycles. The van der Waals surface area contributed by atoms with Crippen molar-refractivity contribution in [3.63, 3.8) is 0 Å². The molecule has 1 heterocycles. The molecule has 0 aromatic heterocycles. The van der Waals surface area contributed by atoms with Gasteiger partial charge < -0.3 is 4.74 Å². The molecule has 1 unspecified atom stereocenters. The maximum absolute atomic E-state index is 11.3. The predicted molar refractivity (Wildman–Crippen MR) is 46.0 cm³/mol. The maximum atomic E-state index is 11.3. The number of rotatable bonds is 0. The normalized spacial score (nSPS) is 37.2. The molecule has 0 N–H and O–H groups in total. The second-order valence-corrected chi connectivity index (χ2v) is 4.06. The van der Waals surface area contributed by atoms with E-state index < -0.39 is 0 Å². The molecule has 2 nitrogen and oxygen atoms in total. The highest BCUT2D eigenvalue weighted by molar-refractivity contribution is 5.80. The summed E-state index contributed by atoms with van der Waals surface area (Å²) < 4.78 is 5.76. The molecule has 1 saturated heterocycles. The largest absolute Gasteiger partial charge is 0.375 e. The number of Topliss-reactive ketones (excluding diaryl/α,β-unsaturated/α-hetero) is 1. The number of ether oxygens (including phenoxy) is 1. The summed E-state index contributed by atoms with van der Waals surface area (Å²) in [5.74, 6) is 0.406. The van der Waals surface area contributed by atoms with E-state index in [0.29, 0.717) is 12.2 Å². The summed E-state index contributed by atoms with van der Waals surface area (Å²) in [6.07, 6.45) is 7.15. The van der Waals surface area contributed by atoms with Gasteiger partial charge >= 0.3 is 0 Å². The molecule has 2 rings (SSSR count). The fourth-order valence-electron chi connectivity index (χ4n) is 2.39. The maximum Gasteiger partial charge on any atom is 0.135 e. The van der Waals surface area contributed by atoms with E-state index >= 15 is 0 Å². The van der Waals surface area contributed by atoms with Crippen molar-refractivity contribution in [2.45, 2.75) is 50.5 Å². The van der Waals surface area contributed by atoms with E-state index in [4.69, 9.17) is 4.74 Å². The van der Waals surface area contributed by atoms with Crippen molar-refractivity contribution >= 4 is 5.78 Å². The van der Waals surface area contributed by atoms with E-state index in [2.05, 4.69) is 0 Å². The molecule has 2 aliphatic rings. The Morgan fingerprint density at radius 3 is 2.67 bits per heavy atom. The lowest BCUT2D eigenvalue weighted by Gasteiger charge is -2.39. The van der Waals surface area contributed by atoms with Crippen molar-refractivity contribution in [1.29, 1.82) is 0 Å². The lowest BCUT2D eigenvalue weighted by Crippen LogP contribution is -2.41. The van der Waals surface area contributed by atoms with Crippen LogP contribution in [0.25, 0.3) is 0 Å². The van der Waals surface area contributed by atoms with E-state index in [1.807, 2.05) is 0 Å². The SMILES string of the molecule is O=C1CCCC2(CCCCO2)C1. The summed E-state index contributed by atoms with van der Waals surface area (Å²) in [5.41, 5.74) is -0.0203. The van der Waals surface area contributed by atoms with Gasteiger partial charge in [-0.15, -0.1) is 0 Å². The molecule has 1 atom stereocenters. The van der Waals surface area contributed by atoms with Crippen LogP contribution >= 0.6 is 0 Å². The summed E-state index contributed by atoms with van der Waals surface area (Å²) >= 11 is 0. The Kier molecular flexibility index (Phi) is 2.18. The molecule has 0 bridgehead atoms. The van der Waals surface area contributed by atoms with Crippen LogP contribution in [-0.4, -0.2) is 18.0 Å². The molecule has 1 spiro atoms. The molecule has 1 saturated carbocycles. The van der Waals surface area contributed by atoms with Crippen LogP contribution in [-0.2, 0) is 9.53 Å². The van der Waals surface area contributed by atoms with Crippen LogP contribution in [0, 0.1) is 0 Å². The number of hydrogen-bond donors (Lipinski definition) is 0. The average molecular weight is 168 g/mol. The van der Waals surface area contributed by atoms with Gasteiger partial charge in [0.15, 0.2) is 0 Å². The van der Waals surface area contributed by atoms with Crippen molar-refractivity contribution in [1.82, 2.24) is 0 Å². The monoisotopic (exact) mass is 168 g/mol. The first kappa shape index (κ1) is 8.24. The number of carbonyl (C=O) groups excluding carboxylic acids is 1. The van der Waals surface area contributed by atoms with E-state index in [9.17, 15) is 4.79 Å². The lowest BCUT2D eigenvalue weighted by molar-refractivity contribution is -0.139. The fraction of sp³-hybridized carbons (Fsp3) is 0.900. The van der Waals surface area contributed by atoms with Crippen molar-refractivity contribution in [3.8, 4) is 0 Å². The Morgan fingerprint density at radius 2 is 2.00 bits per heavy atom. The van der Waals surface area contributed by atoms with Gasteiger partial charge in [0.25, 0.3) is 0 Å².